The number of amides is 1. The molecule has 0 aliphatic heterocycles. The van der Waals surface area contributed by atoms with Crippen LogP contribution in [0.5, 0.6) is 0 Å². The number of benzene rings is 2. The number of aryl methyl sites for hydroxylation is 1. The summed E-state index contributed by atoms with van der Waals surface area (Å²) < 4.78 is 25.0. The molecule has 3 aromatic rings. The maximum Gasteiger partial charge on any atom is 0.225 e. The summed E-state index contributed by atoms with van der Waals surface area (Å²) in [4.78, 5) is 12.9. The van der Waals surface area contributed by atoms with E-state index in [0.29, 0.717) is 10.0 Å². The van der Waals surface area contributed by atoms with Gasteiger partial charge in [0.1, 0.15) is 0 Å². The average Bonchev–Trinajstić information content (AvgIpc) is 2.97. The van der Waals surface area contributed by atoms with Gasteiger partial charge >= 0.3 is 0 Å². The van der Waals surface area contributed by atoms with Crippen molar-refractivity contribution in [2.24, 2.45) is 0 Å². The molecule has 1 atom stereocenters. The Balaban J connectivity index is 1.74. The van der Waals surface area contributed by atoms with Crippen molar-refractivity contribution in [3.63, 3.8) is 0 Å². The van der Waals surface area contributed by atoms with Crippen molar-refractivity contribution >= 4 is 38.9 Å². The zero-order valence-electron chi connectivity index (χ0n) is 17.6. The highest BCUT2D eigenvalue weighted by atomic mass is 35.5. The Kier molecular flexibility index (Phi) is 6.79. The zero-order chi connectivity index (χ0) is 22.9. The van der Waals surface area contributed by atoms with Gasteiger partial charge in [-0.3, -0.25) is 4.79 Å². The summed E-state index contributed by atoms with van der Waals surface area (Å²) in [5, 5.41) is 8.41. The Morgan fingerprint density at radius 1 is 1.10 bits per heavy atom. The number of nitrogens with one attached hydrogen (secondary N) is 1. The van der Waals surface area contributed by atoms with E-state index < -0.39 is 9.84 Å². The SMILES string of the molecule is Cc1nn(-c2ccc(Cl)c(Cl)c2)c(C)c1CC(=O)NC(C)c1ccc(S(C)(=O)=O)cc1. The minimum Gasteiger partial charge on any atom is -0.349 e. The van der Waals surface area contributed by atoms with Crippen molar-refractivity contribution in [3.05, 3.63) is 75.0 Å². The summed E-state index contributed by atoms with van der Waals surface area (Å²) in [5.74, 6) is -0.153. The number of hydrogen-bond donors (Lipinski definition) is 1. The molecule has 1 heterocycles. The van der Waals surface area contributed by atoms with Crippen molar-refractivity contribution in [2.45, 2.75) is 38.1 Å². The minimum absolute atomic E-state index is 0.153. The third-order valence-electron chi connectivity index (χ3n) is 5.11. The van der Waals surface area contributed by atoms with Crippen LogP contribution in [0, 0.1) is 13.8 Å². The van der Waals surface area contributed by atoms with E-state index in [0.717, 1.165) is 34.5 Å². The highest BCUT2D eigenvalue weighted by Gasteiger charge is 2.18. The first-order valence-corrected chi connectivity index (χ1v) is 12.2. The van der Waals surface area contributed by atoms with Crippen molar-refractivity contribution in [2.75, 3.05) is 6.26 Å². The Hall–Kier alpha value is -2.35. The number of rotatable bonds is 6. The molecule has 6 nitrogen and oxygen atoms in total. The van der Waals surface area contributed by atoms with Crippen LogP contribution < -0.4 is 5.32 Å². The average molecular weight is 480 g/mol. The third-order valence-corrected chi connectivity index (χ3v) is 6.98. The van der Waals surface area contributed by atoms with Gasteiger partial charge in [0.05, 0.1) is 38.8 Å². The van der Waals surface area contributed by atoms with Crippen molar-refractivity contribution in [1.82, 2.24) is 15.1 Å². The molecule has 1 aromatic heterocycles. The maximum atomic E-state index is 12.7. The van der Waals surface area contributed by atoms with Gasteiger partial charge in [0.2, 0.25) is 5.91 Å². The van der Waals surface area contributed by atoms with Gasteiger partial charge in [-0.05, 0) is 56.7 Å². The predicted octanol–water partition coefficient (Wildman–Crippen LogP) is 4.62. The van der Waals surface area contributed by atoms with Crippen LogP contribution >= 0.6 is 23.2 Å². The van der Waals surface area contributed by atoms with Crippen molar-refractivity contribution in [3.8, 4) is 5.69 Å². The molecule has 0 radical (unpaired) electrons. The van der Waals surface area contributed by atoms with Crippen LogP contribution in [0.2, 0.25) is 10.0 Å². The minimum atomic E-state index is -3.26. The lowest BCUT2D eigenvalue weighted by atomic mass is 10.1. The lowest BCUT2D eigenvalue weighted by molar-refractivity contribution is -0.121. The molecule has 1 unspecified atom stereocenters. The molecule has 1 amide bonds. The third kappa shape index (κ3) is 5.29. The van der Waals surface area contributed by atoms with Crippen molar-refractivity contribution < 1.29 is 13.2 Å². The van der Waals surface area contributed by atoms with Gasteiger partial charge in [0, 0.05) is 17.5 Å². The Bertz CT molecular complexity index is 1240. The summed E-state index contributed by atoms with van der Waals surface area (Å²) in [7, 11) is -3.26. The molecule has 0 saturated carbocycles. The topological polar surface area (TPSA) is 81.1 Å². The van der Waals surface area contributed by atoms with Gasteiger partial charge in [0.25, 0.3) is 0 Å². The second-order valence-electron chi connectivity index (χ2n) is 7.47. The molecule has 31 heavy (non-hydrogen) atoms. The van der Waals surface area contributed by atoms with Crippen LogP contribution in [0.4, 0.5) is 0 Å². The molecule has 164 valence electrons. The number of nitrogens with zero attached hydrogens (tertiary/aromatic N) is 2. The second kappa shape index (κ2) is 9.02. The lowest BCUT2D eigenvalue weighted by Gasteiger charge is -2.15. The van der Waals surface area contributed by atoms with Crippen LogP contribution in [0.3, 0.4) is 0 Å². The predicted molar refractivity (Wildman–Crippen MR) is 123 cm³/mol. The Morgan fingerprint density at radius 2 is 1.74 bits per heavy atom. The fourth-order valence-corrected chi connectivity index (χ4v) is 4.26. The molecule has 2 aromatic carbocycles. The van der Waals surface area contributed by atoms with Gasteiger partial charge in [-0.25, -0.2) is 13.1 Å². The van der Waals surface area contributed by atoms with Crippen LogP contribution in [0.25, 0.3) is 5.69 Å². The molecule has 3 rings (SSSR count). The summed E-state index contributed by atoms with van der Waals surface area (Å²) in [6.07, 6.45) is 1.33. The fourth-order valence-electron chi connectivity index (χ4n) is 3.34. The van der Waals surface area contributed by atoms with Gasteiger partial charge in [0.15, 0.2) is 9.84 Å². The maximum absolute atomic E-state index is 12.7. The van der Waals surface area contributed by atoms with E-state index in [9.17, 15) is 13.2 Å². The standard InChI is InChI=1S/C22H23Cl2N3O3S/c1-13(16-5-8-18(9-6-16)31(4,29)30)25-22(28)12-19-14(2)26-27(15(19)3)17-7-10-20(23)21(24)11-17/h5-11,13H,12H2,1-4H3,(H,25,28). The fraction of sp³-hybridized carbons (Fsp3) is 0.273. The summed E-state index contributed by atoms with van der Waals surface area (Å²) >= 11 is 12.1. The quantitative estimate of drug-likeness (QED) is 0.559. The molecule has 0 fully saturated rings. The van der Waals surface area contributed by atoms with E-state index in [4.69, 9.17) is 23.2 Å². The monoisotopic (exact) mass is 479 g/mol. The first-order valence-electron chi connectivity index (χ1n) is 9.57. The van der Waals surface area contributed by atoms with Crippen molar-refractivity contribution in [1.29, 1.82) is 0 Å². The van der Waals surface area contributed by atoms with Crippen LogP contribution in [0.15, 0.2) is 47.4 Å². The van der Waals surface area contributed by atoms with E-state index in [1.807, 2.05) is 26.8 Å². The Morgan fingerprint density at radius 3 is 2.32 bits per heavy atom. The van der Waals surface area contributed by atoms with Crippen LogP contribution in [0.1, 0.15) is 35.5 Å². The molecule has 0 spiro atoms. The number of sulfone groups is 1. The number of aromatic nitrogens is 2. The number of carbonyl (C=O) groups excluding carboxylic acids is 1. The van der Waals surface area contributed by atoms with Gasteiger partial charge in [-0.1, -0.05) is 35.3 Å². The Labute approximate surface area is 192 Å². The largest absolute Gasteiger partial charge is 0.349 e. The molecular formula is C22H23Cl2N3O3S. The highest BCUT2D eigenvalue weighted by molar-refractivity contribution is 7.90. The van der Waals surface area contributed by atoms with Crippen LogP contribution in [-0.2, 0) is 21.1 Å². The molecule has 9 heteroatoms. The van der Waals surface area contributed by atoms with E-state index in [-0.39, 0.29) is 23.3 Å². The second-order valence-corrected chi connectivity index (χ2v) is 10.3. The van der Waals surface area contributed by atoms with Gasteiger partial charge < -0.3 is 5.32 Å². The van der Waals surface area contributed by atoms with Gasteiger partial charge in [-0.15, -0.1) is 0 Å². The summed E-state index contributed by atoms with van der Waals surface area (Å²) in [6.45, 7) is 5.61. The van der Waals surface area contributed by atoms with E-state index in [1.165, 1.54) is 0 Å². The number of hydrogen-bond acceptors (Lipinski definition) is 4. The molecule has 0 aliphatic carbocycles. The van der Waals surface area contributed by atoms with Gasteiger partial charge in [-0.2, -0.15) is 5.10 Å². The molecule has 0 saturated heterocycles. The number of carbonyl (C=O) groups is 1. The van der Waals surface area contributed by atoms with Crippen LogP contribution in [-0.4, -0.2) is 30.4 Å². The zero-order valence-corrected chi connectivity index (χ0v) is 19.9. The first-order chi connectivity index (χ1) is 14.5. The van der Waals surface area contributed by atoms with E-state index in [1.54, 1.807) is 41.1 Å². The molecule has 0 bridgehead atoms. The molecule has 1 N–H and O–H groups in total. The van der Waals surface area contributed by atoms with E-state index >= 15 is 0 Å². The van der Waals surface area contributed by atoms with E-state index in [2.05, 4.69) is 10.4 Å². The molecule has 0 aliphatic rings. The first kappa shape index (κ1) is 23.3. The summed E-state index contributed by atoms with van der Waals surface area (Å²) in [5.41, 5.74) is 4.02. The molecular weight excluding hydrogens is 457 g/mol. The number of halogens is 2. The summed E-state index contributed by atoms with van der Waals surface area (Å²) in [6, 6.07) is 11.5. The normalized spacial score (nSPS) is 12.6. The smallest absolute Gasteiger partial charge is 0.225 e. The highest BCUT2D eigenvalue weighted by Crippen LogP contribution is 2.26. The lowest BCUT2D eigenvalue weighted by Crippen LogP contribution is -2.28.